The summed E-state index contributed by atoms with van der Waals surface area (Å²) in [6.45, 7) is 3.59. The zero-order valence-electron chi connectivity index (χ0n) is 18.3. The second-order valence-corrected chi connectivity index (χ2v) is 8.72. The summed E-state index contributed by atoms with van der Waals surface area (Å²) < 4.78 is 0. The smallest absolute Gasteiger partial charge is 0.326 e. The third-order valence-electron chi connectivity index (χ3n) is 6.41. The molecule has 3 N–H and O–H groups in total. The van der Waals surface area contributed by atoms with E-state index in [0.717, 1.165) is 56.8 Å². The maximum Gasteiger partial charge on any atom is 0.326 e. The summed E-state index contributed by atoms with van der Waals surface area (Å²) in [4.78, 5) is 34.9. The fraction of sp³-hybridized carbons (Fsp3) is 0.500. The topological polar surface area (TPSA) is 107 Å². The highest BCUT2D eigenvalue weighted by Crippen LogP contribution is 2.24. The van der Waals surface area contributed by atoms with Crippen molar-refractivity contribution in [2.75, 3.05) is 31.5 Å². The van der Waals surface area contributed by atoms with Gasteiger partial charge in [-0.25, -0.2) is 9.78 Å². The predicted molar refractivity (Wildman–Crippen MR) is 122 cm³/mol. The summed E-state index contributed by atoms with van der Waals surface area (Å²) in [5.74, 6) is 0.257. The zero-order chi connectivity index (χ0) is 22.3. The van der Waals surface area contributed by atoms with E-state index >= 15 is 0 Å². The minimum atomic E-state index is -1.00. The van der Waals surface area contributed by atoms with E-state index in [2.05, 4.69) is 32.7 Å². The lowest BCUT2D eigenvalue weighted by Gasteiger charge is -2.20. The zero-order valence-corrected chi connectivity index (χ0v) is 18.3. The van der Waals surface area contributed by atoms with Crippen LogP contribution in [0.15, 0.2) is 36.7 Å². The van der Waals surface area contributed by atoms with E-state index in [-0.39, 0.29) is 5.91 Å². The number of carboxylic acid groups (broad SMARTS) is 1. The highest BCUT2D eigenvalue weighted by molar-refractivity contribution is 5.96. The number of hydrogen-bond acceptors (Lipinski definition) is 6. The van der Waals surface area contributed by atoms with E-state index in [1.165, 1.54) is 24.4 Å². The molecular weight excluding hydrogens is 406 g/mol. The number of pyridine rings is 2. The van der Waals surface area contributed by atoms with E-state index in [1.54, 1.807) is 12.1 Å². The van der Waals surface area contributed by atoms with Gasteiger partial charge in [0.05, 0.1) is 0 Å². The van der Waals surface area contributed by atoms with Gasteiger partial charge in [0.2, 0.25) is 0 Å². The number of nitrogens with zero attached hydrogens (tertiary/aromatic N) is 3. The minimum Gasteiger partial charge on any atom is -0.480 e. The summed E-state index contributed by atoms with van der Waals surface area (Å²) >= 11 is 0. The van der Waals surface area contributed by atoms with Gasteiger partial charge < -0.3 is 20.6 Å². The monoisotopic (exact) mass is 437 g/mol. The van der Waals surface area contributed by atoms with Gasteiger partial charge in [-0.1, -0.05) is 6.07 Å². The number of aryl methyl sites for hydroxylation is 2. The first-order valence-electron chi connectivity index (χ1n) is 11.5. The number of carboxylic acids is 1. The van der Waals surface area contributed by atoms with E-state index < -0.39 is 12.0 Å². The van der Waals surface area contributed by atoms with E-state index in [4.69, 9.17) is 4.98 Å². The average Bonchev–Trinajstić information content (AvgIpc) is 3.28. The summed E-state index contributed by atoms with van der Waals surface area (Å²) in [6.07, 6.45) is 8.87. The number of aliphatic carboxylic acids is 1. The Morgan fingerprint density at radius 1 is 1.25 bits per heavy atom. The van der Waals surface area contributed by atoms with Crippen LogP contribution in [0, 0.1) is 5.92 Å². The lowest BCUT2D eigenvalue weighted by molar-refractivity contribution is -0.139. The van der Waals surface area contributed by atoms with E-state index in [1.807, 2.05) is 0 Å². The second kappa shape index (κ2) is 10.5. The molecule has 170 valence electrons. The molecule has 2 aliphatic rings. The van der Waals surface area contributed by atoms with Crippen molar-refractivity contribution in [3.8, 4) is 0 Å². The molecular formula is C24H31N5O3. The van der Waals surface area contributed by atoms with Crippen LogP contribution in [0.5, 0.6) is 0 Å². The number of likely N-dealkylation sites (tertiary alicyclic amines) is 1. The molecule has 2 aromatic heterocycles. The van der Waals surface area contributed by atoms with Crippen molar-refractivity contribution in [2.24, 2.45) is 5.92 Å². The minimum absolute atomic E-state index is 0.383. The van der Waals surface area contributed by atoms with E-state index in [9.17, 15) is 14.7 Å². The Bertz CT molecular complexity index is 936. The molecule has 1 amide bonds. The highest BCUT2D eigenvalue weighted by Gasteiger charge is 2.26. The van der Waals surface area contributed by atoms with Crippen LogP contribution in [0.25, 0.3) is 0 Å². The highest BCUT2D eigenvalue weighted by atomic mass is 16.4. The molecule has 0 radical (unpaired) electrons. The molecule has 1 saturated heterocycles. The third-order valence-corrected chi connectivity index (χ3v) is 6.41. The van der Waals surface area contributed by atoms with Crippen molar-refractivity contribution in [3.63, 3.8) is 0 Å². The Hall–Kier alpha value is -3.00. The van der Waals surface area contributed by atoms with E-state index in [0.29, 0.717) is 24.4 Å². The van der Waals surface area contributed by atoms with Gasteiger partial charge >= 0.3 is 5.97 Å². The number of carbonyl (C=O) groups is 2. The van der Waals surface area contributed by atoms with Crippen LogP contribution < -0.4 is 10.6 Å². The molecule has 2 aromatic rings. The standard InChI is InChI=1S/C24H31N5O3/c30-23(19-7-12-25-13-8-19)28-21(24(31)32)10-15-29-14-9-17(16-29)3-5-20-6-4-18-2-1-11-26-22(18)27-20/h4,6-8,12-13,17,21H,1-3,5,9-11,14-16H2,(H,26,27)(H,28,30)(H,31,32). The fourth-order valence-electron chi connectivity index (χ4n) is 4.53. The number of amides is 1. The Balaban J connectivity index is 1.22. The fourth-order valence-corrected chi connectivity index (χ4v) is 4.53. The average molecular weight is 438 g/mol. The van der Waals surface area contributed by atoms with Gasteiger partial charge in [-0.05, 0) is 74.8 Å². The first-order valence-corrected chi connectivity index (χ1v) is 11.5. The van der Waals surface area contributed by atoms with Crippen molar-refractivity contribution in [1.29, 1.82) is 0 Å². The Labute approximate surface area is 188 Å². The lowest BCUT2D eigenvalue weighted by atomic mass is 10.00. The molecule has 2 aliphatic heterocycles. The van der Waals surface area contributed by atoms with Gasteiger partial charge in [0.15, 0.2) is 0 Å². The van der Waals surface area contributed by atoms with Crippen molar-refractivity contribution >= 4 is 17.7 Å². The van der Waals surface area contributed by atoms with Gasteiger partial charge in [-0.2, -0.15) is 0 Å². The number of carbonyl (C=O) groups excluding carboxylic acids is 1. The summed E-state index contributed by atoms with van der Waals surface area (Å²) in [5.41, 5.74) is 2.87. The molecule has 0 aliphatic carbocycles. The van der Waals surface area contributed by atoms with Crippen molar-refractivity contribution in [1.82, 2.24) is 20.2 Å². The molecule has 2 atom stereocenters. The number of anilines is 1. The first-order chi connectivity index (χ1) is 15.6. The van der Waals surface area contributed by atoms with Crippen LogP contribution >= 0.6 is 0 Å². The number of rotatable bonds is 9. The number of fused-ring (bicyclic) bond motifs is 1. The number of nitrogens with one attached hydrogen (secondary N) is 2. The van der Waals surface area contributed by atoms with Gasteiger partial charge in [0, 0.05) is 43.3 Å². The van der Waals surface area contributed by atoms with Crippen LogP contribution in [0.4, 0.5) is 5.82 Å². The second-order valence-electron chi connectivity index (χ2n) is 8.72. The lowest BCUT2D eigenvalue weighted by Crippen LogP contribution is -2.43. The summed E-state index contributed by atoms with van der Waals surface area (Å²) in [7, 11) is 0. The van der Waals surface area contributed by atoms with Crippen LogP contribution in [0.2, 0.25) is 0 Å². The van der Waals surface area contributed by atoms with Crippen LogP contribution in [0.1, 0.15) is 47.3 Å². The Morgan fingerprint density at radius 2 is 2.09 bits per heavy atom. The molecule has 0 bridgehead atoms. The molecule has 32 heavy (non-hydrogen) atoms. The predicted octanol–water partition coefficient (Wildman–Crippen LogP) is 2.36. The molecule has 0 aromatic carbocycles. The van der Waals surface area contributed by atoms with Gasteiger partial charge in [0.25, 0.3) is 5.91 Å². The molecule has 1 fully saturated rings. The maximum atomic E-state index is 12.3. The van der Waals surface area contributed by atoms with Gasteiger partial charge in [-0.3, -0.25) is 9.78 Å². The van der Waals surface area contributed by atoms with Crippen molar-refractivity contribution in [3.05, 3.63) is 53.5 Å². The third kappa shape index (κ3) is 5.82. The van der Waals surface area contributed by atoms with Crippen LogP contribution in [0.3, 0.4) is 0 Å². The van der Waals surface area contributed by atoms with Gasteiger partial charge in [-0.15, -0.1) is 0 Å². The van der Waals surface area contributed by atoms with Crippen LogP contribution in [-0.4, -0.2) is 64.1 Å². The summed E-state index contributed by atoms with van der Waals surface area (Å²) in [5, 5.41) is 15.6. The summed E-state index contributed by atoms with van der Waals surface area (Å²) in [6, 6.07) is 6.61. The van der Waals surface area contributed by atoms with Crippen molar-refractivity contribution < 1.29 is 14.7 Å². The number of hydrogen-bond donors (Lipinski definition) is 3. The largest absolute Gasteiger partial charge is 0.480 e. The first kappa shape index (κ1) is 22.2. The van der Waals surface area contributed by atoms with Crippen molar-refractivity contribution in [2.45, 2.75) is 44.6 Å². The molecule has 8 nitrogen and oxygen atoms in total. The molecule has 2 unspecified atom stereocenters. The maximum absolute atomic E-state index is 12.3. The molecule has 4 heterocycles. The molecule has 0 spiro atoms. The SMILES string of the molecule is O=C(NC(CCN1CCC(CCc2ccc3c(n2)NCCC3)C1)C(=O)O)c1ccncc1. The Morgan fingerprint density at radius 3 is 2.91 bits per heavy atom. The quantitative estimate of drug-likeness (QED) is 0.553. The molecule has 0 saturated carbocycles. The van der Waals surface area contributed by atoms with Gasteiger partial charge in [0.1, 0.15) is 11.9 Å². The normalized spacial score (nSPS) is 19.1. The molecule has 8 heteroatoms. The Kier molecular flexibility index (Phi) is 7.32. The molecule has 4 rings (SSSR count). The van der Waals surface area contributed by atoms with Crippen LogP contribution in [-0.2, 0) is 17.6 Å². The number of aromatic nitrogens is 2.